The summed E-state index contributed by atoms with van der Waals surface area (Å²) in [6, 6.07) is 3.65. The van der Waals surface area contributed by atoms with Gasteiger partial charge in [-0.05, 0) is 18.6 Å². The van der Waals surface area contributed by atoms with E-state index < -0.39 is 0 Å². The summed E-state index contributed by atoms with van der Waals surface area (Å²) in [7, 11) is 3.17. The van der Waals surface area contributed by atoms with Crippen molar-refractivity contribution in [3.63, 3.8) is 0 Å². The lowest BCUT2D eigenvalue weighted by Gasteiger charge is -2.13. The molecule has 19 heavy (non-hydrogen) atoms. The first-order valence-electron chi connectivity index (χ1n) is 5.85. The molecule has 102 valence electrons. The van der Waals surface area contributed by atoms with Crippen molar-refractivity contribution in [2.75, 3.05) is 14.2 Å². The third-order valence-electron chi connectivity index (χ3n) is 3.06. The maximum absolute atomic E-state index is 11.6. The molecule has 1 heterocycles. The fourth-order valence-electron chi connectivity index (χ4n) is 2.11. The van der Waals surface area contributed by atoms with Gasteiger partial charge < -0.3 is 15.2 Å². The Morgan fingerprint density at radius 2 is 1.95 bits per heavy atom. The van der Waals surface area contributed by atoms with Gasteiger partial charge in [-0.3, -0.25) is 15.0 Å². The highest BCUT2D eigenvalue weighted by atomic mass is 16.5. The van der Waals surface area contributed by atoms with Crippen LogP contribution in [0.3, 0.4) is 0 Å². The normalized spacial score (nSPS) is 10.5. The zero-order valence-corrected chi connectivity index (χ0v) is 11.2. The van der Waals surface area contributed by atoms with Crippen LogP contribution in [0.1, 0.15) is 11.1 Å². The van der Waals surface area contributed by atoms with Gasteiger partial charge in [0.25, 0.3) is 5.56 Å². The summed E-state index contributed by atoms with van der Waals surface area (Å²) in [4.78, 5) is 11.6. The van der Waals surface area contributed by atoms with Crippen LogP contribution < -0.4 is 20.8 Å². The Balaban J connectivity index is 2.70. The van der Waals surface area contributed by atoms with Gasteiger partial charge in [0.05, 0.1) is 25.5 Å². The van der Waals surface area contributed by atoms with Crippen LogP contribution in [0.5, 0.6) is 11.5 Å². The maximum atomic E-state index is 11.6. The van der Waals surface area contributed by atoms with Gasteiger partial charge in [-0.25, -0.2) is 0 Å². The third kappa shape index (κ3) is 2.22. The molecule has 0 amide bonds. The second-order valence-corrected chi connectivity index (χ2v) is 4.16. The number of methoxy groups -OCH3 is 2. The Kier molecular flexibility index (Phi) is 3.62. The lowest BCUT2D eigenvalue weighted by molar-refractivity contribution is 0.395. The number of hydrogen-bond acceptors (Lipinski definition) is 4. The SMILES string of the molecule is COc1cc(C)c(-c2[nH][nH]c(=O)c2CN)c(OC)c1. The number of aromatic nitrogens is 2. The number of hydrogen-bond donors (Lipinski definition) is 3. The minimum Gasteiger partial charge on any atom is -0.497 e. The number of aryl methyl sites for hydroxylation is 1. The highest BCUT2D eigenvalue weighted by Gasteiger charge is 2.18. The van der Waals surface area contributed by atoms with Crippen LogP contribution in [0.2, 0.25) is 0 Å². The van der Waals surface area contributed by atoms with E-state index in [1.54, 1.807) is 20.3 Å². The molecule has 0 aliphatic heterocycles. The third-order valence-corrected chi connectivity index (χ3v) is 3.06. The molecule has 4 N–H and O–H groups in total. The summed E-state index contributed by atoms with van der Waals surface area (Å²) in [6.07, 6.45) is 0. The molecule has 0 radical (unpaired) electrons. The van der Waals surface area contributed by atoms with Crippen molar-refractivity contribution in [3.05, 3.63) is 33.6 Å². The Morgan fingerprint density at radius 1 is 1.21 bits per heavy atom. The van der Waals surface area contributed by atoms with E-state index in [0.717, 1.165) is 11.1 Å². The molecule has 0 fully saturated rings. The highest BCUT2D eigenvalue weighted by molar-refractivity contribution is 5.74. The smallest absolute Gasteiger partial charge is 0.269 e. The van der Waals surface area contributed by atoms with Gasteiger partial charge in [0, 0.05) is 18.2 Å². The fraction of sp³-hybridized carbons (Fsp3) is 0.308. The van der Waals surface area contributed by atoms with Crippen molar-refractivity contribution < 1.29 is 9.47 Å². The predicted molar refractivity (Wildman–Crippen MR) is 72.6 cm³/mol. The molecule has 0 saturated carbocycles. The molecule has 0 spiro atoms. The number of H-pyrrole nitrogens is 2. The summed E-state index contributed by atoms with van der Waals surface area (Å²) >= 11 is 0. The summed E-state index contributed by atoms with van der Waals surface area (Å²) in [5.41, 5.74) is 8.31. The molecule has 6 heteroatoms. The number of ether oxygens (including phenoxy) is 2. The Bertz CT molecular complexity index is 643. The maximum Gasteiger partial charge on any atom is 0.269 e. The molecule has 0 saturated heterocycles. The molecular weight excluding hydrogens is 246 g/mol. The van der Waals surface area contributed by atoms with Gasteiger partial charge in [0.2, 0.25) is 0 Å². The second-order valence-electron chi connectivity index (χ2n) is 4.16. The van der Waals surface area contributed by atoms with E-state index in [4.69, 9.17) is 15.2 Å². The minimum atomic E-state index is -0.213. The molecule has 2 rings (SSSR count). The van der Waals surface area contributed by atoms with Crippen LogP contribution >= 0.6 is 0 Å². The number of nitrogens with two attached hydrogens (primary N) is 1. The molecule has 1 aromatic heterocycles. The average Bonchev–Trinajstić information content (AvgIpc) is 2.78. The lowest BCUT2D eigenvalue weighted by atomic mass is 10.0. The molecule has 0 bridgehead atoms. The van der Waals surface area contributed by atoms with E-state index in [9.17, 15) is 4.79 Å². The zero-order valence-electron chi connectivity index (χ0n) is 11.2. The first-order valence-corrected chi connectivity index (χ1v) is 5.85. The fourth-order valence-corrected chi connectivity index (χ4v) is 2.11. The second kappa shape index (κ2) is 5.19. The van der Waals surface area contributed by atoms with Gasteiger partial charge in [0.15, 0.2) is 0 Å². The van der Waals surface area contributed by atoms with E-state index >= 15 is 0 Å². The van der Waals surface area contributed by atoms with Gasteiger partial charge in [-0.2, -0.15) is 0 Å². The van der Waals surface area contributed by atoms with Crippen LogP contribution in [-0.2, 0) is 6.54 Å². The first-order chi connectivity index (χ1) is 9.12. The number of rotatable bonds is 4. The van der Waals surface area contributed by atoms with E-state index in [2.05, 4.69) is 10.2 Å². The molecule has 0 atom stereocenters. The van der Waals surface area contributed by atoms with E-state index in [1.165, 1.54) is 0 Å². The quantitative estimate of drug-likeness (QED) is 0.771. The number of benzene rings is 1. The molecule has 6 nitrogen and oxygen atoms in total. The summed E-state index contributed by atoms with van der Waals surface area (Å²) in [6.45, 7) is 2.08. The Labute approximate surface area is 110 Å². The van der Waals surface area contributed by atoms with E-state index in [-0.39, 0.29) is 12.1 Å². The van der Waals surface area contributed by atoms with Crippen molar-refractivity contribution in [2.45, 2.75) is 13.5 Å². The standard InChI is InChI=1S/C13H17N3O3/c1-7-4-8(18-2)5-10(19-3)11(7)12-9(6-14)13(17)16-15-12/h4-5H,6,14H2,1-3H3,(H2,15,16,17). The first kappa shape index (κ1) is 13.2. The number of aromatic amines is 2. The van der Waals surface area contributed by atoms with Gasteiger partial charge in [0.1, 0.15) is 11.5 Å². The van der Waals surface area contributed by atoms with Gasteiger partial charge >= 0.3 is 0 Å². The van der Waals surface area contributed by atoms with Crippen molar-refractivity contribution in [3.8, 4) is 22.8 Å². The Hall–Kier alpha value is -2.21. The van der Waals surface area contributed by atoms with Crippen LogP contribution in [0.4, 0.5) is 0 Å². The van der Waals surface area contributed by atoms with Gasteiger partial charge in [-0.1, -0.05) is 0 Å². The van der Waals surface area contributed by atoms with Crippen molar-refractivity contribution in [2.24, 2.45) is 5.73 Å². The highest BCUT2D eigenvalue weighted by Crippen LogP contribution is 2.36. The van der Waals surface area contributed by atoms with Crippen LogP contribution in [-0.4, -0.2) is 24.4 Å². The molecular formula is C13H17N3O3. The zero-order chi connectivity index (χ0) is 14.0. The van der Waals surface area contributed by atoms with E-state index in [1.807, 2.05) is 13.0 Å². The van der Waals surface area contributed by atoms with Crippen molar-refractivity contribution in [1.82, 2.24) is 10.2 Å². The minimum absolute atomic E-state index is 0.156. The topological polar surface area (TPSA) is 93.1 Å². The summed E-state index contributed by atoms with van der Waals surface area (Å²) in [5.74, 6) is 1.33. The predicted octanol–water partition coefficient (Wildman–Crippen LogP) is 1.15. The molecule has 0 aliphatic carbocycles. The Morgan fingerprint density at radius 3 is 2.53 bits per heavy atom. The van der Waals surface area contributed by atoms with Crippen LogP contribution in [0.25, 0.3) is 11.3 Å². The lowest BCUT2D eigenvalue weighted by Crippen LogP contribution is -2.11. The van der Waals surface area contributed by atoms with Crippen molar-refractivity contribution in [1.29, 1.82) is 0 Å². The molecule has 1 aromatic carbocycles. The van der Waals surface area contributed by atoms with E-state index in [0.29, 0.717) is 22.8 Å². The summed E-state index contributed by atoms with van der Waals surface area (Å²) in [5, 5.41) is 5.40. The molecule has 0 aliphatic rings. The average molecular weight is 263 g/mol. The van der Waals surface area contributed by atoms with Crippen LogP contribution in [0.15, 0.2) is 16.9 Å². The van der Waals surface area contributed by atoms with Crippen molar-refractivity contribution >= 4 is 0 Å². The molecule has 0 unspecified atom stereocenters. The number of nitrogens with one attached hydrogen (secondary N) is 2. The van der Waals surface area contributed by atoms with Gasteiger partial charge in [-0.15, -0.1) is 0 Å². The molecule has 2 aromatic rings. The van der Waals surface area contributed by atoms with Crippen LogP contribution in [0, 0.1) is 6.92 Å². The monoisotopic (exact) mass is 263 g/mol. The largest absolute Gasteiger partial charge is 0.497 e. The summed E-state index contributed by atoms with van der Waals surface area (Å²) < 4.78 is 10.6.